The molecule has 2 rings (SSSR count). The molecule has 1 aliphatic rings. The van der Waals surface area contributed by atoms with Gasteiger partial charge >= 0.3 is 0 Å². The van der Waals surface area contributed by atoms with Crippen LogP contribution < -0.4 is 5.32 Å². The third kappa shape index (κ3) is 2.38. The fraction of sp³-hybridized carbons (Fsp3) is 0.700. The summed E-state index contributed by atoms with van der Waals surface area (Å²) in [4.78, 5) is 15.8. The van der Waals surface area contributed by atoms with Gasteiger partial charge in [-0.15, -0.1) is 0 Å². The molecule has 0 saturated carbocycles. The average molecular weight is 224 g/mol. The first-order valence-corrected chi connectivity index (χ1v) is 5.47. The first kappa shape index (κ1) is 11.1. The predicted octanol–water partition coefficient (Wildman–Crippen LogP) is 0.0325. The van der Waals surface area contributed by atoms with Gasteiger partial charge in [-0.25, -0.2) is 4.98 Å². The lowest BCUT2D eigenvalue weighted by molar-refractivity contribution is -0.139. The van der Waals surface area contributed by atoms with E-state index in [1.54, 1.807) is 0 Å². The van der Waals surface area contributed by atoms with Crippen molar-refractivity contribution in [1.82, 2.24) is 20.5 Å². The molecule has 2 N–H and O–H groups in total. The van der Waals surface area contributed by atoms with Gasteiger partial charge in [0.25, 0.3) is 5.91 Å². The van der Waals surface area contributed by atoms with E-state index in [0.29, 0.717) is 19.6 Å². The van der Waals surface area contributed by atoms with E-state index in [9.17, 15) is 4.79 Å². The summed E-state index contributed by atoms with van der Waals surface area (Å²) in [5, 5.41) is 9.34. The summed E-state index contributed by atoms with van der Waals surface area (Å²) in [5.74, 6) is 0.738. The monoisotopic (exact) mass is 224 g/mol. The van der Waals surface area contributed by atoms with Gasteiger partial charge in [0.15, 0.2) is 0 Å². The summed E-state index contributed by atoms with van der Waals surface area (Å²) >= 11 is 0. The topological polar surface area (TPSA) is 79.9 Å². The molecule has 16 heavy (non-hydrogen) atoms. The molecule has 1 atom stereocenters. The highest BCUT2D eigenvalue weighted by atomic mass is 16.5. The molecule has 0 radical (unpaired) electrons. The summed E-state index contributed by atoms with van der Waals surface area (Å²) in [5.41, 5.74) is -0.637. The smallest absolute Gasteiger partial charge is 0.251 e. The Morgan fingerprint density at radius 2 is 2.62 bits per heavy atom. The van der Waals surface area contributed by atoms with E-state index in [1.165, 1.54) is 6.33 Å². The van der Waals surface area contributed by atoms with E-state index in [4.69, 9.17) is 4.74 Å². The maximum Gasteiger partial charge on any atom is 0.251 e. The highest BCUT2D eigenvalue weighted by Gasteiger charge is 2.37. The second-order valence-electron chi connectivity index (χ2n) is 4.12. The average Bonchev–Trinajstić information content (AvgIpc) is 2.90. The molecule has 1 aromatic rings. The second kappa shape index (κ2) is 4.61. The molecule has 0 spiro atoms. The Hall–Kier alpha value is -1.43. The molecule has 1 fully saturated rings. The number of amides is 1. The summed E-state index contributed by atoms with van der Waals surface area (Å²) in [7, 11) is 0. The molecule has 2 heterocycles. The van der Waals surface area contributed by atoms with Crippen molar-refractivity contribution in [2.24, 2.45) is 0 Å². The SMILES string of the molecule is CC1(C(=O)NCCc2ncn[nH]2)CCCO1. The van der Waals surface area contributed by atoms with Gasteiger partial charge in [0.05, 0.1) is 0 Å². The van der Waals surface area contributed by atoms with Crippen molar-refractivity contribution in [3.63, 3.8) is 0 Å². The van der Waals surface area contributed by atoms with Crippen LogP contribution in [0.5, 0.6) is 0 Å². The molecule has 0 bridgehead atoms. The van der Waals surface area contributed by atoms with Crippen molar-refractivity contribution < 1.29 is 9.53 Å². The highest BCUT2D eigenvalue weighted by molar-refractivity contribution is 5.84. The Balaban J connectivity index is 1.75. The molecule has 1 amide bonds. The lowest BCUT2D eigenvalue weighted by Gasteiger charge is -2.21. The number of rotatable bonds is 4. The highest BCUT2D eigenvalue weighted by Crippen LogP contribution is 2.24. The molecular formula is C10H16N4O2. The van der Waals surface area contributed by atoms with E-state index >= 15 is 0 Å². The van der Waals surface area contributed by atoms with Crippen LogP contribution in [0, 0.1) is 0 Å². The van der Waals surface area contributed by atoms with Gasteiger partial charge < -0.3 is 10.1 Å². The van der Waals surface area contributed by atoms with Gasteiger partial charge in [0.1, 0.15) is 17.8 Å². The number of H-pyrrole nitrogens is 1. The number of nitrogens with one attached hydrogen (secondary N) is 2. The standard InChI is InChI=1S/C10H16N4O2/c1-10(4-2-6-16-10)9(15)11-5-3-8-12-7-13-14-8/h7H,2-6H2,1H3,(H,11,15)(H,12,13,14). The van der Waals surface area contributed by atoms with Gasteiger partial charge in [0, 0.05) is 19.6 Å². The molecule has 1 saturated heterocycles. The number of aromatic nitrogens is 3. The van der Waals surface area contributed by atoms with Gasteiger partial charge in [0.2, 0.25) is 0 Å². The van der Waals surface area contributed by atoms with E-state index in [2.05, 4.69) is 20.5 Å². The van der Waals surface area contributed by atoms with Crippen LogP contribution in [-0.2, 0) is 16.0 Å². The first-order valence-electron chi connectivity index (χ1n) is 5.47. The molecule has 1 unspecified atom stereocenters. The van der Waals surface area contributed by atoms with Crippen molar-refractivity contribution in [2.75, 3.05) is 13.2 Å². The summed E-state index contributed by atoms with van der Waals surface area (Å²) in [6, 6.07) is 0. The maximum absolute atomic E-state index is 11.8. The fourth-order valence-electron chi connectivity index (χ4n) is 1.79. The van der Waals surface area contributed by atoms with Gasteiger partial charge in [-0.05, 0) is 19.8 Å². The van der Waals surface area contributed by atoms with Crippen molar-refractivity contribution >= 4 is 5.91 Å². The zero-order valence-corrected chi connectivity index (χ0v) is 9.32. The van der Waals surface area contributed by atoms with Crippen molar-refractivity contribution in [3.8, 4) is 0 Å². The van der Waals surface area contributed by atoms with E-state index in [-0.39, 0.29) is 5.91 Å². The second-order valence-corrected chi connectivity index (χ2v) is 4.12. The third-order valence-electron chi connectivity index (χ3n) is 2.81. The van der Waals surface area contributed by atoms with Crippen molar-refractivity contribution in [2.45, 2.75) is 31.8 Å². The van der Waals surface area contributed by atoms with Crippen LogP contribution in [0.25, 0.3) is 0 Å². The minimum atomic E-state index is -0.637. The molecule has 1 aliphatic heterocycles. The fourth-order valence-corrected chi connectivity index (χ4v) is 1.79. The quantitative estimate of drug-likeness (QED) is 0.756. The van der Waals surface area contributed by atoms with Gasteiger partial charge in [-0.2, -0.15) is 5.10 Å². The van der Waals surface area contributed by atoms with E-state index in [0.717, 1.165) is 18.7 Å². The summed E-state index contributed by atoms with van der Waals surface area (Å²) in [6.45, 7) is 3.06. The molecule has 6 nitrogen and oxygen atoms in total. The Morgan fingerprint density at radius 3 is 3.25 bits per heavy atom. The lowest BCUT2D eigenvalue weighted by atomic mass is 10.0. The molecule has 0 aliphatic carbocycles. The van der Waals surface area contributed by atoms with E-state index < -0.39 is 5.60 Å². The normalized spacial score (nSPS) is 24.6. The number of carbonyl (C=O) groups excluding carboxylic acids is 1. The number of hydrogen-bond acceptors (Lipinski definition) is 4. The minimum Gasteiger partial charge on any atom is -0.365 e. The Morgan fingerprint density at radius 1 is 1.75 bits per heavy atom. The largest absolute Gasteiger partial charge is 0.365 e. The molecule has 6 heteroatoms. The zero-order chi connectivity index (χ0) is 11.4. The molecule has 0 aromatic carbocycles. The number of nitrogens with zero attached hydrogens (tertiary/aromatic N) is 2. The molecule has 1 aromatic heterocycles. The Labute approximate surface area is 93.8 Å². The number of hydrogen-bond donors (Lipinski definition) is 2. The van der Waals surface area contributed by atoms with Crippen LogP contribution in [-0.4, -0.2) is 39.8 Å². The Bertz CT molecular complexity index is 344. The maximum atomic E-state index is 11.8. The van der Waals surface area contributed by atoms with Crippen LogP contribution in [0.3, 0.4) is 0 Å². The number of ether oxygens (including phenoxy) is 1. The van der Waals surface area contributed by atoms with Crippen LogP contribution in [0.2, 0.25) is 0 Å². The van der Waals surface area contributed by atoms with Crippen LogP contribution in [0.1, 0.15) is 25.6 Å². The number of aromatic amines is 1. The van der Waals surface area contributed by atoms with E-state index in [1.807, 2.05) is 6.92 Å². The third-order valence-corrected chi connectivity index (χ3v) is 2.81. The number of carbonyl (C=O) groups is 1. The zero-order valence-electron chi connectivity index (χ0n) is 9.32. The van der Waals surface area contributed by atoms with Crippen LogP contribution in [0.4, 0.5) is 0 Å². The van der Waals surface area contributed by atoms with Crippen LogP contribution in [0.15, 0.2) is 6.33 Å². The van der Waals surface area contributed by atoms with Crippen molar-refractivity contribution in [1.29, 1.82) is 0 Å². The lowest BCUT2D eigenvalue weighted by Crippen LogP contribution is -2.44. The predicted molar refractivity (Wildman–Crippen MR) is 56.7 cm³/mol. The summed E-state index contributed by atoms with van der Waals surface area (Å²) in [6.07, 6.45) is 3.85. The van der Waals surface area contributed by atoms with Crippen LogP contribution >= 0.6 is 0 Å². The van der Waals surface area contributed by atoms with Gasteiger partial charge in [-0.1, -0.05) is 0 Å². The molecule has 88 valence electrons. The minimum absolute atomic E-state index is 0.0375. The first-order chi connectivity index (χ1) is 7.71. The van der Waals surface area contributed by atoms with Crippen molar-refractivity contribution in [3.05, 3.63) is 12.2 Å². The van der Waals surface area contributed by atoms with Gasteiger partial charge in [-0.3, -0.25) is 9.89 Å². The Kier molecular flexibility index (Phi) is 3.19. The summed E-state index contributed by atoms with van der Waals surface area (Å²) < 4.78 is 5.44. The molecular weight excluding hydrogens is 208 g/mol.